The lowest BCUT2D eigenvalue weighted by molar-refractivity contribution is -0.142. The van der Waals surface area contributed by atoms with Crippen LogP contribution in [0.4, 0.5) is 0 Å². The average molecular weight is 204 g/mol. The summed E-state index contributed by atoms with van der Waals surface area (Å²) in [5.41, 5.74) is 0.875. The zero-order valence-electron chi connectivity index (χ0n) is 8.53. The topological polar surface area (TPSA) is 35.5 Å². The largest absolute Gasteiger partial charge is 0.481 e. The van der Waals surface area contributed by atoms with E-state index in [1.54, 1.807) is 12.1 Å². The maximum atomic E-state index is 10.6. The molecule has 0 radical (unpaired) electrons. The number of carbonyl (C=O) groups excluding carboxylic acids is 1. The second kappa shape index (κ2) is 5.71. The summed E-state index contributed by atoms with van der Waals surface area (Å²) in [6, 6.07) is 7.27. The monoisotopic (exact) mass is 204 g/mol. The van der Waals surface area contributed by atoms with Gasteiger partial charge < -0.3 is 9.47 Å². The van der Waals surface area contributed by atoms with Crippen molar-refractivity contribution in [1.29, 1.82) is 0 Å². The smallest absolute Gasteiger partial charge is 0.302 e. The lowest BCUT2D eigenvalue weighted by atomic mass is 10.2. The van der Waals surface area contributed by atoms with Gasteiger partial charge in [-0.25, -0.2) is 0 Å². The van der Waals surface area contributed by atoms with E-state index in [4.69, 9.17) is 15.9 Å². The van der Waals surface area contributed by atoms with Crippen molar-refractivity contribution in [1.82, 2.24) is 0 Å². The highest BCUT2D eigenvalue weighted by Gasteiger charge is 1.98. The molecule has 0 aliphatic carbocycles. The fourth-order valence-corrected chi connectivity index (χ4v) is 1.04. The summed E-state index contributed by atoms with van der Waals surface area (Å²) < 4.78 is 10.1. The summed E-state index contributed by atoms with van der Waals surface area (Å²) in [5, 5.41) is 0. The van der Waals surface area contributed by atoms with Crippen LogP contribution >= 0.6 is 0 Å². The van der Waals surface area contributed by atoms with Crippen molar-refractivity contribution in [2.24, 2.45) is 0 Å². The minimum Gasteiger partial charge on any atom is -0.481 e. The Morgan fingerprint density at radius 3 is 3.00 bits per heavy atom. The number of ether oxygens (including phenoxy) is 2. The summed E-state index contributed by atoms with van der Waals surface area (Å²) in [4.78, 5) is 10.6. The van der Waals surface area contributed by atoms with Crippen LogP contribution < -0.4 is 4.74 Å². The molecule has 3 nitrogen and oxygen atoms in total. The predicted molar refractivity (Wildman–Crippen MR) is 56.2 cm³/mol. The van der Waals surface area contributed by atoms with E-state index in [1.807, 2.05) is 12.1 Å². The molecule has 0 atom stereocenters. The van der Waals surface area contributed by atoms with Crippen molar-refractivity contribution in [3.8, 4) is 18.1 Å². The van der Waals surface area contributed by atoms with Crippen molar-refractivity contribution in [3.63, 3.8) is 0 Å². The van der Waals surface area contributed by atoms with Crippen LogP contribution in [-0.2, 0) is 16.1 Å². The van der Waals surface area contributed by atoms with E-state index in [0.717, 1.165) is 5.56 Å². The Bertz CT molecular complexity index is 377. The highest BCUT2D eigenvalue weighted by molar-refractivity contribution is 5.65. The molecule has 0 spiro atoms. The van der Waals surface area contributed by atoms with Crippen LogP contribution in [0, 0.1) is 12.3 Å². The number of rotatable bonds is 4. The molecule has 0 N–H and O–H groups in total. The van der Waals surface area contributed by atoms with Gasteiger partial charge in [0, 0.05) is 6.92 Å². The molecule has 0 aromatic heterocycles. The van der Waals surface area contributed by atoms with Crippen molar-refractivity contribution in [2.75, 3.05) is 6.61 Å². The van der Waals surface area contributed by atoms with E-state index in [9.17, 15) is 4.79 Å². The van der Waals surface area contributed by atoms with E-state index >= 15 is 0 Å². The summed E-state index contributed by atoms with van der Waals surface area (Å²) >= 11 is 0. The van der Waals surface area contributed by atoms with Crippen LogP contribution in [-0.4, -0.2) is 12.6 Å². The third-order valence-corrected chi connectivity index (χ3v) is 1.66. The third kappa shape index (κ3) is 4.19. The summed E-state index contributed by atoms with van der Waals surface area (Å²) in [6.07, 6.45) is 5.07. The predicted octanol–water partition coefficient (Wildman–Crippen LogP) is 1.76. The minimum absolute atomic E-state index is 0.233. The Morgan fingerprint density at radius 1 is 1.53 bits per heavy atom. The Balaban J connectivity index is 2.58. The van der Waals surface area contributed by atoms with Crippen LogP contribution in [0.5, 0.6) is 5.75 Å². The molecule has 0 heterocycles. The molecule has 0 aliphatic heterocycles. The van der Waals surface area contributed by atoms with E-state index in [-0.39, 0.29) is 19.2 Å². The van der Waals surface area contributed by atoms with Crippen molar-refractivity contribution in [3.05, 3.63) is 29.8 Å². The molecular formula is C12H12O3. The van der Waals surface area contributed by atoms with Gasteiger partial charge >= 0.3 is 5.97 Å². The van der Waals surface area contributed by atoms with Gasteiger partial charge in [0.15, 0.2) is 0 Å². The lowest BCUT2D eigenvalue weighted by Crippen LogP contribution is -1.99. The first kappa shape index (κ1) is 11.1. The van der Waals surface area contributed by atoms with E-state index in [1.165, 1.54) is 6.92 Å². The molecule has 1 aromatic carbocycles. The summed E-state index contributed by atoms with van der Waals surface area (Å²) in [6.45, 7) is 1.86. The van der Waals surface area contributed by atoms with E-state index < -0.39 is 0 Å². The molecular weight excluding hydrogens is 192 g/mol. The van der Waals surface area contributed by atoms with Gasteiger partial charge in [-0.2, -0.15) is 0 Å². The number of benzene rings is 1. The second-order valence-electron chi connectivity index (χ2n) is 2.92. The average Bonchev–Trinajstić information content (AvgIpc) is 2.24. The lowest BCUT2D eigenvalue weighted by Gasteiger charge is -2.05. The van der Waals surface area contributed by atoms with Gasteiger partial charge in [0.25, 0.3) is 0 Å². The molecule has 78 valence electrons. The van der Waals surface area contributed by atoms with Crippen molar-refractivity contribution >= 4 is 5.97 Å². The van der Waals surface area contributed by atoms with Crippen LogP contribution in [0.3, 0.4) is 0 Å². The van der Waals surface area contributed by atoms with Gasteiger partial charge in [0.05, 0.1) is 0 Å². The number of esters is 1. The molecule has 0 bridgehead atoms. The Hall–Kier alpha value is -1.95. The summed E-state index contributed by atoms with van der Waals surface area (Å²) in [7, 11) is 0. The fourth-order valence-electron chi connectivity index (χ4n) is 1.04. The number of hydrogen-bond donors (Lipinski definition) is 0. The van der Waals surface area contributed by atoms with E-state index in [2.05, 4.69) is 5.92 Å². The Labute approximate surface area is 89.0 Å². The molecule has 0 aliphatic rings. The molecule has 0 unspecified atom stereocenters. The van der Waals surface area contributed by atoms with Crippen LogP contribution in [0.25, 0.3) is 0 Å². The van der Waals surface area contributed by atoms with Crippen LogP contribution in [0.15, 0.2) is 24.3 Å². The molecule has 1 aromatic rings. The van der Waals surface area contributed by atoms with E-state index in [0.29, 0.717) is 5.75 Å². The highest BCUT2D eigenvalue weighted by atomic mass is 16.5. The second-order valence-corrected chi connectivity index (χ2v) is 2.92. The first-order chi connectivity index (χ1) is 7.22. The van der Waals surface area contributed by atoms with Crippen molar-refractivity contribution in [2.45, 2.75) is 13.5 Å². The molecule has 15 heavy (non-hydrogen) atoms. The Kier molecular flexibility index (Phi) is 4.24. The number of hydrogen-bond acceptors (Lipinski definition) is 3. The molecule has 0 saturated carbocycles. The molecule has 0 saturated heterocycles. The first-order valence-corrected chi connectivity index (χ1v) is 4.51. The zero-order valence-corrected chi connectivity index (χ0v) is 8.53. The highest BCUT2D eigenvalue weighted by Crippen LogP contribution is 2.13. The van der Waals surface area contributed by atoms with Gasteiger partial charge in [-0.05, 0) is 17.7 Å². The van der Waals surface area contributed by atoms with Crippen LogP contribution in [0.2, 0.25) is 0 Å². The standard InChI is InChI=1S/C12H12O3/c1-3-7-14-12-6-4-5-11(8-12)9-15-10(2)13/h1,4-6,8H,7,9H2,2H3. The maximum absolute atomic E-state index is 10.6. The number of terminal acetylenes is 1. The van der Waals surface area contributed by atoms with Gasteiger partial charge in [0.2, 0.25) is 0 Å². The number of carbonyl (C=O) groups is 1. The maximum Gasteiger partial charge on any atom is 0.302 e. The van der Waals surface area contributed by atoms with Gasteiger partial charge in [-0.3, -0.25) is 4.79 Å². The minimum atomic E-state index is -0.301. The first-order valence-electron chi connectivity index (χ1n) is 4.51. The molecule has 1 rings (SSSR count). The Morgan fingerprint density at radius 2 is 2.33 bits per heavy atom. The normalized spacial score (nSPS) is 9.07. The molecule has 0 amide bonds. The SMILES string of the molecule is C#CCOc1cccc(COC(C)=O)c1. The molecule has 3 heteroatoms. The quantitative estimate of drug-likeness (QED) is 0.553. The van der Waals surface area contributed by atoms with Crippen molar-refractivity contribution < 1.29 is 14.3 Å². The van der Waals surface area contributed by atoms with Gasteiger partial charge in [-0.15, -0.1) is 6.42 Å². The third-order valence-electron chi connectivity index (χ3n) is 1.66. The molecule has 0 fully saturated rings. The van der Waals surface area contributed by atoms with Gasteiger partial charge in [0.1, 0.15) is 19.0 Å². The zero-order chi connectivity index (χ0) is 11.1. The van der Waals surface area contributed by atoms with Crippen LogP contribution in [0.1, 0.15) is 12.5 Å². The van der Waals surface area contributed by atoms with Gasteiger partial charge in [-0.1, -0.05) is 18.1 Å². The summed E-state index contributed by atoms with van der Waals surface area (Å²) in [5.74, 6) is 2.76. The fraction of sp³-hybridized carbons (Fsp3) is 0.250.